The van der Waals surface area contributed by atoms with Gasteiger partial charge in [0, 0.05) is 65.0 Å². The van der Waals surface area contributed by atoms with Crippen LogP contribution in [0.15, 0.2) is 156 Å². The molecular weight excluding hydrogens is 952 g/mol. The summed E-state index contributed by atoms with van der Waals surface area (Å²) in [5, 5.41) is 7.13. The van der Waals surface area contributed by atoms with Gasteiger partial charge in [0.25, 0.3) is 0 Å². The van der Waals surface area contributed by atoms with Crippen molar-refractivity contribution in [3.05, 3.63) is 212 Å². The molecule has 2 unspecified atom stereocenters. The average Bonchev–Trinajstić information content (AvgIpc) is 4.09. The van der Waals surface area contributed by atoms with Crippen LogP contribution in [0.1, 0.15) is 44.5 Å². The molecule has 0 spiro atoms. The van der Waals surface area contributed by atoms with Crippen LogP contribution >= 0.6 is 63.7 Å². The fraction of sp³-hybridized carbons (Fsp3) is 0.125. The number of rotatable bonds is 8. The number of halogens is 4. The van der Waals surface area contributed by atoms with Gasteiger partial charge in [0.1, 0.15) is 0 Å². The lowest BCUT2D eigenvalue weighted by Crippen LogP contribution is -2.24. The second-order valence-electron chi connectivity index (χ2n) is 14.1. The zero-order valence-electron chi connectivity index (χ0n) is 30.2. The molecule has 276 valence electrons. The quantitative estimate of drug-likeness (QED) is 0.143. The van der Waals surface area contributed by atoms with E-state index in [4.69, 9.17) is 9.98 Å². The molecule has 6 aromatic rings. The second kappa shape index (κ2) is 16.3. The Labute approximate surface area is 359 Å². The van der Waals surface area contributed by atoms with Gasteiger partial charge in [-0.05, 0) is 80.9 Å². The zero-order chi connectivity index (χ0) is 38.2. The van der Waals surface area contributed by atoms with Crippen molar-refractivity contribution >= 4 is 97.4 Å². The molecule has 3 aliphatic rings. The van der Waals surface area contributed by atoms with Crippen molar-refractivity contribution in [3.63, 3.8) is 0 Å². The molecule has 0 saturated heterocycles. The van der Waals surface area contributed by atoms with Crippen LogP contribution in [0.2, 0.25) is 0 Å². The molecule has 0 saturated carbocycles. The van der Waals surface area contributed by atoms with Crippen LogP contribution in [0.4, 0.5) is 0 Å². The number of aromatic nitrogens is 2. The summed E-state index contributed by atoms with van der Waals surface area (Å²) in [4.78, 5) is 18.9. The van der Waals surface area contributed by atoms with Crippen LogP contribution in [-0.4, -0.2) is 33.5 Å². The number of nitrogens with zero attached hydrogens (tertiary/aromatic N) is 2. The Morgan fingerprint density at radius 3 is 1.12 bits per heavy atom. The van der Waals surface area contributed by atoms with Gasteiger partial charge >= 0.3 is 0 Å². The smallest absolute Gasteiger partial charge is 0.0967 e. The van der Waals surface area contributed by atoms with E-state index in [0.29, 0.717) is 0 Å². The third-order valence-corrected chi connectivity index (χ3v) is 13.1. The highest BCUT2D eigenvalue weighted by Gasteiger charge is 2.26. The molecule has 0 aliphatic carbocycles. The maximum atomic E-state index is 5.56. The van der Waals surface area contributed by atoms with Gasteiger partial charge in [-0.2, -0.15) is 0 Å². The van der Waals surface area contributed by atoms with Crippen molar-refractivity contribution in [1.29, 1.82) is 0 Å². The molecule has 9 rings (SSSR count). The van der Waals surface area contributed by atoms with E-state index in [1.807, 2.05) is 0 Å². The van der Waals surface area contributed by atoms with Crippen LogP contribution in [0, 0.1) is 0 Å². The molecule has 56 heavy (non-hydrogen) atoms. The first-order valence-electron chi connectivity index (χ1n) is 18.5. The van der Waals surface area contributed by atoms with Gasteiger partial charge in [0.15, 0.2) is 0 Å². The Balaban J connectivity index is 1.40. The molecule has 4 aromatic carbocycles. The summed E-state index contributed by atoms with van der Waals surface area (Å²) < 4.78 is 0. The minimum absolute atomic E-state index is 0.221. The fourth-order valence-electron chi connectivity index (χ4n) is 7.97. The molecule has 5 heterocycles. The molecule has 8 heteroatoms. The number of aromatic amines is 2. The molecule has 3 aliphatic heterocycles. The monoisotopic (exact) mass is 984 g/mol. The van der Waals surface area contributed by atoms with E-state index in [0.717, 1.165) is 98.7 Å². The SMILES string of the molecule is BrCc1cccc(/C2=c3\cc/c([nH]3)=C(\c3cccc(CBr)c3)C3C=CC(=N3)/C(c3cccc(CBr)c3)=c3/cc/c([nH]3)=C(\c3cccc(CBr)c3)C3C=CC2=N3)c1. The average molecular weight is 988 g/mol. The van der Waals surface area contributed by atoms with Crippen molar-refractivity contribution in [3.8, 4) is 0 Å². The van der Waals surface area contributed by atoms with Gasteiger partial charge in [0.2, 0.25) is 0 Å². The van der Waals surface area contributed by atoms with E-state index in [2.05, 4.69) is 219 Å². The summed E-state index contributed by atoms with van der Waals surface area (Å²) in [5.41, 5.74) is 15.6. The van der Waals surface area contributed by atoms with Crippen molar-refractivity contribution in [2.24, 2.45) is 9.98 Å². The van der Waals surface area contributed by atoms with Crippen LogP contribution in [0.25, 0.3) is 22.3 Å². The first-order chi connectivity index (χ1) is 27.5. The number of alkyl halides is 4. The van der Waals surface area contributed by atoms with Crippen LogP contribution in [0.3, 0.4) is 0 Å². The largest absolute Gasteiger partial charge is 0.355 e. The van der Waals surface area contributed by atoms with Gasteiger partial charge in [-0.15, -0.1) is 0 Å². The topological polar surface area (TPSA) is 56.3 Å². The summed E-state index contributed by atoms with van der Waals surface area (Å²) in [5.74, 6) is 0. The lowest BCUT2D eigenvalue weighted by Gasteiger charge is -2.14. The maximum Gasteiger partial charge on any atom is 0.0967 e. The first kappa shape index (κ1) is 37.2. The van der Waals surface area contributed by atoms with Crippen LogP contribution < -0.4 is 21.4 Å². The number of allylic oxidation sites excluding steroid dienone is 2. The predicted octanol–water partition coefficient (Wildman–Crippen LogP) is 9.19. The highest BCUT2D eigenvalue weighted by Crippen LogP contribution is 2.30. The Morgan fingerprint density at radius 1 is 0.411 bits per heavy atom. The van der Waals surface area contributed by atoms with E-state index in [-0.39, 0.29) is 12.1 Å². The molecule has 0 fully saturated rings. The molecule has 2 N–H and O–H groups in total. The molecule has 8 bridgehead atoms. The molecule has 4 nitrogen and oxygen atoms in total. The molecule has 0 radical (unpaired) electrons. The third-order valence-electron chi connectivity index (χ3n) is 10.5. The Morgan fingerprint density at radius 2 is 0.750 bits per heavy atom. The summed E-state index contributed by atoms with van der Waals surface area (Å²) in [6.45, 7) is 0. The first-order valence-corrected chi connectivity index (χ1v) is 23.0. The number of hydrogen-bond acceptors (Lipinski definition) is 2. The van der Waals surface area contributed by atoms with Crippen molar-refractivity contribution in [2.45, 2.75) is 33.4 Å². The zero-order valence-corrected chi connectivity index (χ0v) is 36.6. The Kier molecular flexibility index (Phi) is 10.8. The minimum atomic E-state index is -0.221. The normalized spacial score (nSPS) is 21.4. The maximum absolute atomic E-state index is 5.56. The Bertz CT molecular complexity index is 2690. The number of fused-ring (bicyclic) bond motifs is 6. The van der Waals surface area contributed by atoms with Crippen molar-refractivity contribution in [2.75, 3.05) is 0 Å². The number of benzene rings is 4. The van der Waals surface area contributed by atoms with Gasteiger partial charge in [0.05, 0.1) is 23.5 Å². The molecule has 0 amide bonds. The number of H-pyrrole nitrogens is 2. The summed E-state index contributed by atoms with van der Waals surface area (Å²) >= 11 is 14.8. The van der Waals surface area contributed by atoms with Crippen LogP contribution in [0.5, 0.6) is 0 Å². The predicted molar refractivity (Wildman–Crippen MR) is 247 cm³/mol. The standard InChI is InChI=1S/C48H36Br4N4/c49-25-29-5-1-9-33(21-29)45-37-13-15-39(53-37)46(34-10-2-6-30(22-34)26-50)41-17-19-43(55-41)48(36-12-4-8-32(24-36)28-52)44-20-18-42(56-44)47(40-16-14-38(45)54-40)35-11-3-7-31(23-35)27-51/h1-24,37,44,54-55H,25-28H2/b45-38-,46-41-,47-40-,48-43-. The van der Waals surface area contributed by atoms with Crippen LogP contribution in [-0.2, 0) is 21.3 Å². The third kappa shape index (κ3) is 7.22. The molecule has 2 atom stereocenters. The fourth-order valence-corrected chi connectivity index (χ4v) is 9.36. The second-order valence-corrected chi connectivity index (χ2v) is 16.4. The lowest BCUT2D eigenvalue weighted by molar-refractivity contribution is 1.04. The van der Waals surface area contributed by atoms with E-state index in [1.54, 1.807) is 0 Å². The van der Waals surface area contributed by atoms with Crippen molar-refractivity contribution < 1.29 is 0 Å². The Hall–Kier alpha value is -4.34. The minimum Gasteiger partial charge on any atom is -0.355 e. The van der Waals surface area contributed by atoms with Crippen molar-refractivity contribution in [1.82, 2.24) is 9.97 Å². The molecule has 2 aromatic heterocycles. The number of aliphatic imine (C=N–C) groups is 2. The highest BCUT2D eigenvalue weighted by molar-refractivity contribution is 9.09. The molecular formula is C48H36Br4N4. The summed E-state index contributed by atoms with van der Waals surface area (Å²) in [7, 11) is 0. The van der Waals surface area contributed by atoms with Gasteiger partial charge in [-0.25, -0.2) is 0 Å². The van der Waals surface area contributed by atoms with Gasteiger partial charge < -0.3 is 9.97 Å². The van der Waals surface area contributed by atoms with Gasteiger partial charge in [-0.1, -0.05) is 173 Å². The van der Waals surface area contributed by atoms with E-state index < -0.39 is 0 Å². The van der Waals surface area contributed by atoms with E-state index in [1.165, 1.54) is 22.3 Å². The van der Waals surface area contributed by atoms with E-state index in [9.17, 15) is 0 Å². The summed E-state index contributed by atoms with van der Waals surface area (Å²) in [6, 6.07) is 43.4. The number of nitrogens with one attached hydrogen (secondary N) is 2. The summed E-state index contributed by atoms with van der Waals surface area (Å²) in [6.07, 6.45) is 8.87. The van der Waals surface area contributed by atoms with Gasteiger partial charge in [-0.3, -0.25) is 9.98 Å². The number of hydrogen-bond donors (Lipinski definition) is 2. The lowest BCUT2D eigenvalue weighted by atomic mass is 9.97. The highest BCUT2D eigenvalue weighted by atomic mass is 79.9. The van der Waals surface area contributed by atoms with E-state index >= 15 is 0 Å².